The maximum atomic E-state index is 10.5. The van der Waals surface area contributed by atoms with Crippen molar-refractivity contribution in [2.75, 3.05) is 5.32 Å². The quantitative estimate of drug-likeness (QED) is 0.656. The third-order valence-corrected chi connectivity index (χ3v) is 3.73. The molecule has 98 valence electrons. The minimum absolute atomic E-state index is 0.102. The standard InChI is InChI=1S/C13H19N3O2/c1-2-10-3-5-11(6-4-10)15-12-7-8-13(14-9-12)16(17)18/h7-11,15H,2-6H2,1H3. The van der Waals surface area contributed by atoms with E-state index in [1.807, 2.05) is 0 Å². The molecule has 0 aromatic carbocycles. The summed E-state index contributed by atoms with van der Waals surface area (Å²) in [6.45, 7) is 2.25. The second-order valence-corrected chi connectivity index (χ2v) is 4.93. The van der Waals surface area contributed by atoms with Crippen LogP contribution in [0, 0.1) is 16.0 Å². The SMILES string of the molecule is CCC1CCC(Nc2ccc([N+](=O)[O-])nc2)CC1. The van der Waals surface area contributed by atoms with Crippen molar-refractivity contribution in [3.63, 3.8) is 0 Å². The zero-order chi connectivity index (χ0) is 13.0. The van der Waals surface area contributed by atoms with E-state index in [9.17, 15) is 10.1 Å². The highest BCUT2D eigenvalue weighted by atomic mass is 16.6. The monoisotopic (exact) mass is 249 g/mol. The average Bonchev–Trinajstić information content (AvgIpc) is 2.40. The maximum absolute atomic E-state index is 10.5. The lowest BCUT2D eigenvalue weighted by molar-refractivity contribution is -0.389. The van der Waals surface area contributed by atoms with Crippen LogP contribution in [0.4, 0.5) is 11.5 Å². The minimum atomic E-state index is -0.476. The third-order valence-electron chi connectivity index (χ3n) is 3.73. The van der Waals surface area contributed by atoms with Crippen molar-refractivity contribution in [2.24, 2.45) is 5.92 Å². The van der Waals surface area contributed by atoms with Crippen LogP contribution in [0.5, 0.6) is 0 Å². The number of rotatable bonds is 4. The van der Waals surface area contributed by atoms with Crippen LogP contribution in [0.1, 0.15) is 39.0 Å². The molecule has 1 N–H and O–H groups in total. The smallest absolute Gasteiger partial charge is 0.363 e. The van der Waals surface area contributed by atoms with Gasteiger partial charge < -0.3 is 15.4 Å². The van der Waals surface area contributed by atoms with Crippen LogP contribution in [0.15, 0.2) is 18.3 Å². The van der Waals surface area contributed by atoms with E-state index < -0.39 is 4.92 Å². The van der Waals surface area contributed by atoms with E-state index in [0.717, 1.165) is 11.6 Å². The molecule has 1 heterocycles. The fraction of sp³-hybridized carbons (Fsp3) is 0.615. The molecule has 0 saturated heterocycles. The summed E-state index contributed by atoms with van der Waals surface area (Å²) in [7, 11) is 0. The topological polar surface area (TPSA) is 68.1 Å². The molecule has 5 nitrogen and oxygen atoms in total. The number of anilines is 1. The lowest BCUT2D eigenvalue weighted by atomic mass is 9.84. The van der Waals surface area contributed by atoms with Crippen molar-refractivity contribution in [3.8, 4) is 0 Å². The van der Waals surface area contributed by atoms with E-state index >= 15 is 0 Å². The largest absolute Gasteiger partial charge is 0.379 e. The molecule has 1 aromatic heterocycles. The van der Waals surface area contributed by atoms with Gasteiger partial charge in [-0.2, -0.15) is 0 Å². The van der Waals surface area contributed by atoms with Crippen molar-refractivity contribution in [2.45, 2.75) is 45.1 Å². The van der Waals surface area contributed by atoms with E-state index in [0.29, 0.717) is 6.04 Å². The Hall–Kier alpha value is -1.65. The molecule has 0 amide bonds. The van der Waals surface area contributed by atoms with Crippen LogP contribution in [-0.4, -0.2) is 15.9 Å². The fourth-order valence-corrected chi connectivity index (χ4v) is 2.53. The van der Waals surface area contributed by atoms with Crippen molar-refractivity contribution in [1.82, 2.24) is 4.98 Å². The van der Waals surface area contributed by atoms with Crippen LogP contribution >= 0.6 is 0 Å². The summed E-state index contributed by atoms with van der Waals surface area (Å²) < 4.78 is 0. The molecule has 1 aliphatic rings. The van der Waals surface area contributed by atoms with E-state index in [1.165, 1.54) is 38.2 Å². The Morgan fingerprint density at radius 1 is 1.39 bits per heavy atom. The van der Waals surface area contributed by atoms with Crippen LogP contribution in [0.2, 0.25) is 0 Å². The number of nitrogens with one attached hydrogen (secondary N) is 1. The van der Waals surface area contributed by atoms with Crippen LogP contribution in [-0.2, 0) is 0 Å². The van der Waals surface area contributed by atoms with Gasteiger partial charge in [-0.05, 0) is 47.6 Å². The molecular formula is C13H19N3O2. The second kappa shape index (κ2) is 5.80. The first kappa shape index (κ1) is 12.8. The number of aromatic nitrogens is 1. The first-order valence-electron chi connectivity index (χ1n) is 6.56. The van der Waals surface area contributed by atoms with Crippen molar-refractivity contribution < 1.29 is 4.92 Å². The molecular weight excluding hydrogens is 230 g/mol. The van der Waals surface area contributed by atoms with E-state index in [-0.39, 0.29) is 5.82 Å². The Balaban J connectivity index is 1.88. The molecule has 18 heavy (non-hydrogen) atoms. The van der Waals surface area contributed by atoms with Crippen LogP contribution in [0.25, 0.3) is 0 Å². The highest BCUT2D eigenvalue weighted by Crippen LogP contribution is 2.28. The third kappa shape index (κ3) is 3.18. The summed E-state index contributed by atoms with van der Waals surface area (Å²) in [6, 6.07) is 3.66. The highest BCUT2D eigenvalue weighted by molar-refractivity contribution is 5.44. The number of nitro groups is 1. The average molecular weight is 249 g/mol. The van der Waals surface area contributed by atoms with Gasteiger partial charge in [0.1, 0.15) is 0 Å². The molecule has 0 bridgehead atoms. The Morgan fingerprint density at radius 2 is 2.11 bits per heavy atom. The van der Waals surface area contributed by atoms with Crippen LogP contribution in [0.3, 0.4) is 0 Å². The molecule has 0 aliphatic heterocycles. The van der Waals surface area contributed by atoms with Crippen molar-refractivity contribution in [3.05, 3.63) is 28.4 Å². The Bertz CT molecular complexity index is 397. The molecule has 5 heteroatoms. The second-order valence-electron chi connectivity index (χ2n) is 4.93. The first-order chi connectivity index (χ1) is 8.69. The zero-order valence-electron chi connectivity index (χ0n) is 10.6. The van der Waals surface area contributed by atoms with Crippen LogP contribution < -0.4 is 5.32 Å². The van der Waals surface area contributed by atoms with Gasteiger partial charge in [-0.3, -0.25) is 0 Å². The Morgan fingerprint density at radius 3 is 2.61 bits per heavy atom. The molecule has 1 saturated carbocycles. The Labute approximate surface area is 107 Å². The number of pyridine rings is 1. The van der Waals surface area contributed by atoms with E-state index in [2.05, 4.69) is 17.2 Å². The highest BCUT2D eigenvalue weighted by Gasteiger charge is 2.20. The van der Waals surface area contributed by atoms with Gasteiger partial charge in [0.25, 0.3) is 0 Å². The zero-order valence-corrected chi connectivity index (χ0v) is 10.6. The van der Waals surface area contributed by atoms with Gasteiger partial charge in [-0.25, -0.2) is 0 Å². The van der Waals surface area contributed by atoms with E-state index in [1.54, 1.807) is 12.3 Å². The van der Waals surface area contributed by atoms with Gasteiger partial charge in [0, 0.05) is 12.1 Å². The summed E-state index contributed by atoms with van der Waals surface area (Å²) in [4.78, 5) is 13.8. The molecule has 0 atom stereocenters. The normalized spacial score (nSPS) is 23.6. The predicted octanol–water partition coefficient (Wildman–Crippen LogP) is 3.37. The molecule has 0 unspecified atom stereocenters. The van der Waals surface area contributed by atoms with Gasteiger partial charge in [-0.1, -0.05) is 13.3 Å². The molecule has 1 fully saturated rings. The van der Waals surface area contributed by atoms with E-state index in [4.69, 9.17) is 0 Å². The van der Waals surface area contributed by atoms with Gasteiger partial charge in [0.15, 0.2) is 6.20 Å². The number of hydrogen-bond donors (Lipinski definition) is 1. The summed E-state index contributed by atoms with van der Waals surface area (Å²) in [5, 5.41) is 13.9. The van der Waals surface area contributed by atoms with Gasteiger partial charge >= 0.3 is 5.82 Å². The van der Waals surface area contributed by atoms with Gasteiger partial charge in [0.05, 0.1) is 5.69 Å². The maximum Gasteiger partial charge on any atom is 0.363 e. The number of hydrogen-bond acceptors (Lipinski definition) is 4. The molecule has 2 rings (SSSR count). The first-order valence-corrected chi connectivity index (χ1v) is 6.56. The summed E-state index contributed by atoms with van der Waals surface area (Å²) in [6.07, 6.45) is 7.71. The number of nitrogens with zero attached hydrogens (tertiary/aromatic N) is 2. The predicted molar refractivity (Wildman–Crippen MR) is 70.6 cm³/mol. The summed E-state index contributed by atoms with van der Waals surface area (Å²) >= 11 is 0. The van der Waals surface area contributed by atoms with Crippen molar-refractivity contribution >= 4 is 11.5 Å². The molecule has 1 aliphatic carbocycles. The Kier molecular flexibility index (Phi) is 4.12. The molecule has 1 aromatic rings. The van der Waals surface area contributed by atoms with Crippen molar-refractivity contribution in [1.29, 1.82) is 0 Å². The minimum Gasteiger partial charge on any atom is -0.379 e. The lowest BCUT2D eigenvalue weighted by Crippen LogP contribution is -2.25. The van der Waals surface area contributed by atoms with Gasteiger partial charge in [0.2, 0.25) is 0 Å². The summed E-state index contributed by atoms with van der Waals surface area (Å²) in [5.41, 5.74) is 0.876. The molecule has 0 spiro atoms. The lowest BCUT2D eigenvalue weighted by Gasteiger charge is -2.28. The van der Waals surface area contributed by atoms with Gasteiger partial charge in [-0.15, -0.1) is 0 Å². The summed E-state index contributed by atoms with van der Waals surface area (Å²) in [5.74, 6) is 0.772. The molecule has 0 radical (unpaired) electrons. The fourth-order valence-electron chi connectivity index (χ4n) is 2.53.